The zero-order chi connectivity index (χ0) is 20.5. The number of hydrogen-bond donors (Lipinski definition) is 1. The van der Waals surface area contributed by atoms with Crippen molar-refractivity contribution in [2.75, 3.05) is 26.6 Å². The monoisotopic (exact) mass is 412 g/mol. The first-order valence-corrected chi connectivity index (χ1v) is 9.01. The molecule has 0 aliphatic heterocycles. The van der Waals surface area contributed by atoms with E-state index in [1.165, 1.54) is 21.3 Å². The highest BCUT2D eigenvalue weighted by Crippen LogP contribution is 2.40. The van der Waals surface area contributed by atoms with E-state index in [2.05, 4.69) is 10.3 Å². The van der Waals surface area contributed by atoms with Gasteiger partial charge in [-0.15, -0.1) is 0 Å². The van der Waals surface area contributed by atoms with Crippen LogP contribution in [0, 0.1) is 0 Å². The van der Waals surface area contributed by atoms with Crippen LogP contribution in [0.5, 0.6) is 17.2 Å². The number of hydrogen-bond acceptors (Lipinski definition) is 6. The minimum absolute atomic E-state index is 0.127. The van der Waals surface area contributed by atoms with Crippen LogP contribution in [-0.2, 0) is 0 Å². The highest BCUT2D eigenvalue weighted by Gasteiger charge is 2.18. The molecule has 8 heteroatoms. The van der Waals surface area contributed by atoms with Gasteiger partial charge in [0.1, 0.15) is 0 Å². The maximum absolute atomic E-state index is 12.7. The maximum Gasteiger partial charge on any atom is 0.291 e. The zero-order valence-corrected chi connectivity index (χ0v) is 16.7. The molecule has 0 unspecified atom stereocenters. The summed E-state index contributed by atoms with van der Waals surface area (Å²) in [7, 11) is 4.52. The molecule has 2 aromatic heterocycles. The lowest BCUT2D eigenvalue weighted by Crippen LogP contribution is -2.11. The Morgan fingerprint density at radius 3 is 2.34 bits per heavy atom. The van der Waals surface area contributed by atoms with Crippen molar-refractivity contribution in [1.29, 1.82) is 0 Å². The lowest BCUT2D eigenvalue weighted by Gasteiger charge is -2.14. The van der Waals surface area contributed by atoms with Gasteiger partial charge in [-0.3, -0.25) is 4.79 Å². The first-order chi connectivity index (χ1) is 14.0. The number of benzene rings is 2. The first kappa shape index (κ1) is 18.9. The summed E-state index contributed by atoms with van der Waals surface area (Å²) in [6.45, 7) is 0. The predicted octanol–water partition coefficient (Wildman–Crippen LogP) is 4.91. The molecule has 0 atom stereocenters. The number of ether oxygens (including phenoxy) is 3. The summed E-state index contributed by atoms with van der Waals surface area (Å²) < 4.78 is 21.6. The van der Waals surface area contributed by atoms with Crippen LogP contribution < -0.4 is 19.5 Å². The summed E-state index contributed by atoms with van der Waals surface area (Å²) in [5.74, 6) is 0.987. The highest BCUT2D eigenvalue weighted by molar-refractivity contribution is 6.31. The summed E-state index contributed by atoms with van der Waals surface area (Å²) in [6, 6.07) is 12.2. The van der Waals surface area contributed by atoms with Crippen molar-refractivity contribution in [2.45, 2.75) is 0 Å². The molecule has 0 aliphatic rings. The van der Waals surface area contributed by atoms with E-state index < -0.39 is 5.91 Å². The standard InChI is InChI=1S/C21H17ClN2O5/c1-26-16-9-14(10-17(27-2)19(16)28-3)23-20(25)18-7-12-6-11-4-5-13(22)8-15(11)24-21(12)29-18/h4-10H,1-3H3,(H,23,25). The van der Waals surface area contributed by atoms with Gasteiger partial charge < -0.3 is 23.9 Å². The largest absolute Gasteiger partial charge is 0.493 e. The number of halogens is 1. The molecule has 1 amide bonds. The molecule has 0 aliphatic carbocycles. The molecule has 4 aromatic rings. The number of fused-ring (bicyclic) bond motifs is 2. The second-order valence-electron chi connectivity index (χ2n) is 6.20. The molecule has 0 bridgehead atoms. The molecule has 2 heterocycles. The van der Waals surface area contributed by atoms with Crippen molar-refractivity contribution < 1.29 is 23.4 Å². The minimum Gasteiger partial charge on any atom is -0.493 e. The third-order valence-electron chi connectivity index (χ3n) is 4.41. The Balaban J connectivity index is 1.68. The Hall–Kier alpha value is -3.45. The van der Waals surface area contributed by atoms with E-state index in [1.54, 1.807) is 30.3 Å². The fraction of sp³-hybridized carbons (Fsp3) is 0.143. The van der Waals surface area contributed by atoms with Gasteiger partial charge in [0.2, 0.25) is 11.5 Å². The number of nitrogens with one attached hydrogen (secondary N) is 1. The number of aromatic nitrogens is 1. The normalized spacial score (nSPS) is 10.9. The summed E-state index contributed by atoms with van der Waals surface area (Å²) in [5, 5.41) is 4.97. The molecule has 0 saturated carbocycles. The van der Waals surface area contributed by atoms with Crippen LogP contribution in [-0.4, -0.2) is 32.2 Å². The fourth-order valence-corrected chi connectivity index (χ4v) is 3.22. The van der Waals surface area contributed by atoms with Crippen LogP contribution >= 0.6 is 11.6 Å². The molecule has 0 radical (unpaired) electrons. The number of rotatable bonds is 5. The Morgan fingerprint density at radius 2 is 1.69 bits per heavy atom. The van der Waals surface area contributed by atoms with E-state index in [4.69, 9.17) is 30.2 Å². The van der Waals surface area contributed by atoms with Gasteiger partial charge in [-0.2, -0.15) is 0 Å². The smallest absolute Gasteiger partial charge is 0.291 e. The van der Waals surface area contributed by atoms with Crippen LogP contribution in [0.15, 0.2) is 46.9 Å². The van der Waals surface area contributed by atoms with Gasteiger partial charge in [-0.1, -0.05) is 17.7 Å². The average molecular weight is 413 g/mol. The summed E-state index contributed by atoms with van der Waals surface area (Å²) in [4.78, 5) is 17.2. The Morgan fingerprint density at radius 1 is 0.966 bits per heavy atom. The van der Waals surface area contributed by atoms with Gasteiger partial charge in [-0.05, 0) is 24.3 Å². The van der Waals surface area contributed by atoms with Gasteiger partial charge >= 0.3 is 0 Å². The molecule has 0 saturated heterocycles. The Kier molecular flexibility index (Phi) is 4.90. The summed E-state index contributed by atoms with van der Waals surface area (Å²) >= 11 is 6.02. The average Bonchev–Trinajstić information content (AvgIpc) is 3.14. The van der Waals surface area contributed by atoms with E-state index in [-0.39, 0.29) is 5.76 Å². The van der Waals surface area contributed by atoms with E-state index in [0.29, 0.717) is 39.2 Å². The van der Waals surface area contributed by atoms with Crippen LogP contribution in [0.1, 0.15) is 10.6 Å². The maximum atomic E-state index is 12.7. The van der Waals surface area contributed by atoms with Crippen LogP contribution in [0.4, 0.5) is 5.69 Å². The summed E-state index contributed by atoms with van der Waals surface area (Å²) in [5.41, 5.74) is 1.51. The molecule has 29 heavy (non-hydrogen) atoms. The Labute approximate surface area is 171 Å². The number of pyridine rings is 1. The highest BCUT2D eigenvalue weighted by atomic mass is 35.5. The van der Waals surface area contributed by atoms with E-state index >= 15 is 0 Å². The van der Waals surface area contributed by atoms with Crippen LogP contribution in [0.25, 0.3) is 22.0 Å². The third kappa shape index (κ3) is 3.52. The molecule has 0 spiro atoms. The number of amides is 1. The van der Waals surface area contributed by atoms with Crippen molar-refractivity contribution in [3.05, 3.63) is 53.2 Å². The number of anilines is 1. The minimum atomic E-state index is -0.431. The number of nitrogens with zero attached hydrogens (tertiary/aromatic N) is 1. The van der Waals surface area contributed by atoms with Gasteiger partial charge in [0, 0.05) is 33.6 Å². The predicted molar refractivity (Wildman–Crippen MR) is 111 cm³/mol. The van der Waals surface area contributed by atoms with E-state index in [9.17, 15) is 4.79 Å². The second-order valence-corrected chi connectivity index (χ2v) is 6.63. The molecule has 148 valence electrons. The van der Waals surface area contributed by atoms with Gasteiger partial charge in [0.15, 0.2) is 17.3 Å². The molecule has 7 nitrogen and oxygen atoms in total. The van der Waals surface area contributed by atoms with Crippen molar-refractivity contribution in [3.63, 3.8) is 0 Å². The second kappa shape index (κ2) is 7.52. The number of carbonyl (C=O) groups is 1. The van der Waals surface area contributed by atoms with Crippen molar-refractivity contribution in [3.8, 4) is 17.2 Å². The van der Waals surface area contributed by atoms with Crippen LogP contribution in [0.3, 0.4) is 0 Å². The lowest BCUT2D eigenvalue weighted by atomic mass is 10.2. The van der Waals surface area contributed by atoms with Crippen molar-refractivity contribution >= 4 is 45.2 Å². The Bertz CT molecular complexity index is 1210. The van der Waals surface area contributed by atoms with Gasteiger partial charge in [-0.25, -0.2) is 4.98 Å². The number of carbonyl (C=O) groups excluding carboxylic acids is 1. The SMILES string of the molecule is COc1cc(NC(=O)c2cc3cc4ccc(Cl)cc4nc3o2)cc(OC)c1OC. The zero-order valence-electron chi connectivity index (χ0n) is 15.9. The fourth-order valence-electron chi connectivity index (χ4n) is 3.06. The number of methoxy groups -OCH3 is 3. The number of furan rings is 1. The quantitative estimate of drug-likeness (QED) is 0.501. The molecular formula is C21H17ClN2O5. The molecular weight excluding hydrogens is 396 g/mol. The topological polar surface area (TPSA) is 82.8 Å². The third-order valence-corrected chi connectivity index (χ3v) is 4.65. The van der Waals surface area contributed by atoms with E-state index in [0.717, 1.165) is 10.8 Å². The molecule has 0 fully saturated rings. The summed E-state index contributed by atoms with van der Waals surface area (Å²) in [6.07, 6.45) is 0. The van der Waals surface area contributed by atoms with E-state index in [1.807, 2.05) is 12.1 Å². The molecule has 2 aromatic carbocycles. The van der Waals surface area contributed by atoms with Gasteiger partial charge in [0.05, 0.1) is 26.8 Å². The van der Waals surface area contributed by atoms with Crippen LogP contribution in [0.2, 0.25) is 5.02 Å². The first-order valence-electron chi connectivity index (χ1n) is 8.63. The van der Waals surface area contributed by atoms with Crippen molar-refractivity contribution in [1.82, 2.24) is 4.98 Å². The molecule has 1 N–H and O–H groups in total. The molecule has 4 rings (SSSR count). The lowest BCUT2D eigenvalue weighted by molar-refractivity contribution is 0.0998. The van der Waals surface area contributed by atoms with Gasteiger partial charge in [0.25, 0.3) is 5.91 Å². The van der Waals surface area contributed by atoms with Crippen molar-refractivity contribution in [2.24, 2.45) is 0 Å².